The molecular weight excluding hydrogens is 414 g/mol. The molecule has 0 aliphatic carbocycles. The Bertz CT molecular complexity index is 892. The van der Waals surface area contributed by atoms with Gasteiger partial charge in [-0.1, -0.05) is 24.3 Å². The fourth-order valence-corrected chi connectivity index (χ4v) is 3.20. The Hall–Kier alpha value is -3.60. The number of nitrogens with one attached hydrogen (secondary N) is 2. The molecule has 1 fully saturated rings. The van der Waals surface area contributed by atoms with Crippen molar-refractivity contribution in [3.8, 4) is 0 Å². The second-order valence-corrected chi connectivity index (χ2v) is 7.74. The molecule has 32 heavy (non-hydrogen) atoms. The van der Waals surface area contributed by atoms with Crippen molar-refractivity contribution in [3.05, 3.63) is 46.9 Å². The van der Waals surface area contributed by atoms with Crippen molar-refractivity contribution in [1.82, 2.24) is 20.0 Å². The van der Waals surface area contributed by atoms with Gasteiger partial charge in [0.2, 0.25) is 5.91 Å². The van der Waals surface area contributed by atoms with Crippen molar-refractivity contribution in [2.75, 3.05) is 40.8 Å². The van der Waals surface area contributed by atoms with Crippen molar-refractivity contribution in [3.63, 3.8) is 0 Å². The molecule has 0 radical (unpaired) electrons. The Morgan fingerprint density at radius 2 is 1.78 bits per heavy atom. The van der Waals surface area contributed by atoms with Gasteiger partial charge in [0.15, 0.2) is 5.84 Å². The highest BCUT2D eigenvalue weighted by atomic mass is 16.5. The van der Waals surface area contributed by atoms with E-state index in [1.165, 1.54) is 12.0 Å². The number of carbonyl (C=O) groups is 3. The number of amides is 3. The van der Waals surface area contributed by atoms with Gasteiger partial charge in [-0.15, -0.1) is 0 Å². The van der Waals surface area contributed by atoms with Gasteiger partial charge in [-0.3, -0.25) is 19.9 Å². The van der Waals surface area contributed by atoms with E-state index in [2.05, 4.69) is 10.1 Å². The highest BCUT2D eigenvalue weighted by Crippen LogP contribution is 2.13. The zero-order valence-corrected chi connectivity index (χ0v) is 18.7. The zero-order valence-electron chi connectivity index (χ0n) is 18.7. The van der Waals surface area contributed by atoms with Gasteiger partial charge in [0.1, 0.15) is 11.5 Å². The van der Waals surface area contributed by atoms with Crippen LogP contribution in [0.3, 0.4) is 0 Å². The van der Waals surface area contributed by atoms with Crippen LogP contribution < -0.4 is 16.8 Å². The molecule has 6 N–H and O–H groups in total. The molecule has 0 aromatic heterocycles. The molecule has 0 atom stereocenters. The standard InChI is InChI=1S/C21H31N7O4/c1-26(2)13-16(29)27(12-15-7-5-14(6-8-15)11-17(30)32-3)9-4-10-28-20(24)18(19(22)23)25-21(28)31/h5-8,24H,4,9-13,22-23H2,1-3H3,(H,25,31). The molecule has 0 unspecified atom stereocenters. The molecule has 1 aromatic rings. The Morgan fingerprint density at radius 3 is 2.31 bits per heavy atom. The molecule has 1 heterocycles. The van der Waals surface area contributed by atoms with Gasteiger partial charge in [-0.2, -0.15) is 0 Å². The molecule has 1 saturated heterocycles. The third kappa shape index (κ3) is 6.71. The number of ether oxygens (including phenoxy) is 1. The van der Waals surface area contributed by atoms with Crippen LogP contribution in [-0.4, -0.2) is 79.3 Å². The molecule has 174 valence electrons. The van der Waals surface area contributed by atoms with Gasteiger partial charge >= 0.3 is 12.0 Å². The number of nitrogens with two attached hydrogens (primary N) is 2. The van der Waals surface area contributed by atoms with E-state index >= 15 is 0 Å². The Balaban J connectivity index is 2.02. The lowest BCUT2D eigenvalue weighted by Gasteiger charge is -2.25. The van der Waals surface area contributed by atoms with Crippen LogP contribution in [0.4, 0.5) is 4.79 Å². The number of urea groups is 1. The second kappa shape index (κ2) is 11.1. The Labute approximate surface area is 187 Å². The number of amidine groups is 1. The highest BCUT2D eigenvalue weighted by Gasteiger charge is 2.31. The van der Waals surface area contributed by atoms with Gasteiger partial charge in [0.05, 0.1) is 20.1 Å². The van der Waals surface area contributed by atoms with Crippen LogP contribution >= 0.6 is 0 Å². The summed E-state index contributed by atoms with van der Waals surface area (Å²) in [4.78, 5) is 41.0. The number of nitrogens with zero attached hydrogens (tertiary/aromatic N) is 3. The van der Waals surface area contributed by atoms with Crippen molar-refractivity contribution in [2.45, 2.75) is 19.4 Å². The summed E-state index contributed by atoms with van der Waals surface area (Å²) in [5.41, 5.74) is 12.8. The zero-order chi connectivity index (χ0) is 23.8. The van der Waals surface area contributed by atoms with E-state index in [4.69, 9.17) is 16.9 Å². The van der Waals surface area contributed by atoms with Crippen LogP contribution in [0.25, 0.3) is 0 Å². The number of rotatable bonds is 10. The maximum Gasteiger partial charge on any atom is 0.327 e. The predicted octanol–water partition coefficient (Wildman–Crippen LogP) is -0.229. The third-order valence-electron chi connectivity index (χ3n) is 4.86. The minimum absolute atomic E-state index is 0.0543. The molecule has 11 heteroatoms. The van der Waals surface area contributed by atoms with E-state index in [-0.39, 0.29) is 48.7 Å². The third-order valence-corrected chi connectivity index (χ3v) is 4.86. The molecule has 3 amide bonds. The molecule has 1 aromatic carbocycles. The minimum atomic E-state index is -0.467. The van der Waals surface area contributed by atoms with E-state index in [9.17, 15) is 14.4 Å². The predicted molar refractivity (Wildman–Crippen MR) is 119 cm³/mol. The largest absolute Gasteiger partial charge is 0.469 e. The lowest BCUT2D eigenvalue weighted by Crippen LogP contribution is -2.40. The Morgan fingerprint density at radius 1 is 1.16 bits per heavy atom. The van der Waals surface area contributed by atoms with E-state index in [1.807, 2.05) is 38.4 Å². The summed E-state index contributed by atoms with van der Waals surface area (Å²) in [6.07, 6.45) is 0.654. The van der Waals surface area contributed by atoms with Gasteiger partial charge < -0.3 is 31.3 Å². The van der Waals surface area contributed by atoms with Gasteiger partial charge in [-0.05, 0) is 31.6 Å². The smallest absolute Gasteiger partial charge is 0.327 e. The maximum atomic E-state index is 12.8. The summed E-state index contributed by atoms with van der Waals surface area (Å²) in [7, 11) is 4.98. The number of hydrogen-bond donors (Lipinski definition) is 4. The first-order valence-corrected chi connectivity index (χ1v) is 10.1. The van der Waals surface area contributed by atoms with Crippen molar-refractivity contribution < 1.29 is 19.1 Å². The summed E-state index contributed by atoms with van der Waals surface area (Å²) in [6.45, 7) is 1.27. The molecule has 0 spiro atoms. The maximum absolute atomic E-state index is 12.8. The van der Waals surface area contributed by atoms with Crippen LogP contribution in [0.1, 0.15) is 17.5 Å². The highest BCUT2D eigenvalue weighted by molar-refractivity contribution is 6.13. The van der Waals surface area contributed by atoms with Crippen molar-refractivity contribution in [1.29, 1.82) is 5.41 Å². The number of esters is 1. The first kappa shape index (κ1) is 24.7. The topological polar surface area (TPSA) is 158 Å². The summed E-state index contributed by atoms with van der Waals surface area (Å²) < 4.78 is 4.68. The minimum Gasteiger partial charge on any atom is -0.469 e. The normalized spacial score (nSPS) is 13.4. The van der Waals surface area contributed by atoms with Crippen LogP contribution in [-0.2, 0) is 27.3 Å². The average molecular weight is 446 g/mol. The molecule has 1 aliphatic rings. The molecule has 1 aliphatic heterocycles. The molecule has 11 nitrogen and oxygen atoms in total. The summed E-state index contributed by atoms with van der Waals surface area (Å²) in [5, 5.41) is 10.5. The SMILES string of the molecule is COC(=O)Cc1ccc(CN(CCCN2C(=N)C(=C(N)N)NC2=O)C(=O)CN(C)C)cc1. The van der Waals surface area contributed by atoms with Gasteiger partial charge in [-0.25, -0.2) is 4.79 Å². The Kier molecular flexibility index (Phi) is 8.59. The van der Waals surface area contributed by atoms with Gasteiger partial charge in [0, 0.05) is 19.6 Å². The first-order chi connectivity index (χ1) is 15.1. The van der Waals surface area contributed by atoms with Crippen molar-refractivity contribution >= 4 is 23.7 Å². The monoisotopic (exact) mass is 445 g/mol. The van der Waals surface area contributed by atoms with E-state index in [0.717, 1.165) is 11.1 Å². The lowest BCUT2D eigenvalue weighted by molar-refractivity contribution is -0.139. The van der Waals surface area contributed by atoms with Crippen LogP contribution in [0, 0.1) is 5.41 Å². The van der Waals surface area contributed by atoms with Crippen molar-refractivity contribution in [2.24, 2.45) is 11.5 Å². The summed E-state index contributed by atoms with van der Waals surface area (Å²) in [5.74, 6) is -0.570. The number of carbonyl (C=O) groups excluding carboxylic acids is 3. The lowest BCUT2D eigenvalue weighted by atomic mass is 10.1. The number of hydrogen-bond acceptors (Lipinski definition) is 8. The summed E-state index contributed by atoms with van der Waals surface area (Å²) in [6, 6.07) is 6.95. The molecular formula is C21H31N7O4. The van der Waals surface area contributed by atoms with E-state index in [1.54, 1.807) is 9.80 Å². The van der Waals surface area contributed by atoms with Crippen LogP contribution in [0.5, 0.6) is 0 Å². The van der Waals surface area contributed by atoms with Crippen LogP contribution in [0.2, 0.25) is 0 Å². The average Bonchev–Trinajstić information content (AvgIpc) is 3.02. The van der Waals surface area contributed by atoms with E-state index in [0.29, 0.717) is 19.5 Å². The number of likely N-dealkylation sites (N-methyl/N-ethyl adjacent to an activating group) is 1. The molecule has 2 rings (SSSR count). The number of benzene rings is 1. The fraction of sp³-hybridized carbons (Fsp3) is 0.429. The number of methoxy groups -OCH3 is 1. The molecule has 0 bridgehead atoms. The summed E-state index contributed by atoms with van der Waals surface area (Å²) >= 11 is 0. The first-order valence-electron chi connectivity index (χ1n) is 10.1. The quantitative estimate of drug-likeness (QED) is 0.362. The van der Waals surface area contributed by atoms with Crippen LogP contribution in [0.15, 0.2) is 35.8 Å². The fourth-order valence-electron chi connectivity index (χ4n) is 3.20. The second-order valence-electron chi connectivity index (χ2n) is 7.74. The van der Waals surface area contributed by atoms with E-state index < -0.39 is 6.03 Å². The molecule has 0 saturated carbocycles. The van der Waals surface area contributed by atoms with Gasteiger partial charge in [0.25, 0.3) is 0 Å².